The van der Waals surface area contributed by atoms with E-state index in [1.54, 1.807) is 6.08 Å². The van der Waals surface area contributed by atoms with Crippen LogP contribution >= 0.6 is 0 Å². The molecule has 4 nitrogen and oxygen atoms in total. The minimum atomic E-state index is -0.862. The van der Waals surface area contributed by atoms with Gasteiger partial charge in [-0.25, -0.2) is 0 Å². The highest BCUT2D eigenvalue weighted by Crippen LogP contribution is 2.20. The number of aliphatic hydroxyl groups is 2. The Hall–Kier alpha value is -1.13. The van der Waals surface area contributed by atoms with E-state index in [-0.39, 0.29) is 12.5 Å². The molecule has 1 amide bonds. The molecule has 4 heteroatoms. The number of aliphatic hydroxyl groups excluding tert-OH is 2. The first-order valence-corrected chi connectivity index (χ1v) is 37.1. The fourth-order valence-electron chi connectivity index (χ4n) is 12.1. The number of hydrogen-bond acceptors (Lipinski definition) is 3. The molecule has 0 spiro atoms. The van der Waals surface area contributed by atoms with Crippen LogP contribution in [0.15, 0.2) is 24.3 Å². The summed E-state index contributed by atoms with van der Waals surface area (Å²) in [7, 11) is 0. The molecule has 0 heterocycles. The number of unbranched alkanes of at least 4 members (excludes halogenated alkanes) is 61. The lowest BCUT2D eigenvalue weighted by Gasteiger charge is -2.19. The van der Waals surface area contributed by atoms with E-state index in [0.29, 0.717) is 6.42 Å². The molecule has 2 atom stereocenters. The molecule has 0 rings (SSSR count). The van der Waals surface area contributed by atoms with Gasteiger partial charge in [0.05, 0.1) is 18.8 Å². The van der Waals surface area contributed by atoms with Crippen LogP contribution in [0.5, 0.6) is 0 Å². The summed E-state index contributed by atoms with van der Waals surface area (Å²) in [6.07, 6.45) is 97.3. The van der Waals surface area contributed by atoms with E-state index in [1.165, 1.54) is 379 Å². The summed E-state index contributed by atoms with van der Waals surface area (Å²) in [6.45, 7) is 4.36. The Balaban J connectivity index is 3.41. The number of hydrogen-bond donors (Lipinski definition) is 3. The summed E-state index contributed by atoms with van der Waals surface area (Å²) in [5, 5.41) is 23.3. The van der Waals surface area contributed by atoms with Gasteiger partial charge >= 0.3 is 0 Å². The van der Waals surface area contributed by atoms with Gasteiger partial charge in [-0.2, -0.15) is 0 Å². The van der Waals surface area contributed by atoms with E-state index < -0.39 is 12.1 Å². The van der Waals surface area contributed by atoms with Crippen molar-refractivity contribution in [2.24, 2.45) is 0 Å². The van der Waals surface area contributed by atoms with Gasteiger partial charge in [-0.3, -0.25) is 4.79 Å². The predicted octanol–water partition coefficient (Wildman–Crippen LogP) is 25.3. The minimum absolute atomic E-state index is 0.0634. The third-order valence-corrected chi connectivity index (χ3v) is 17.7. The van der Waals surface area contributed by atoms with Crippen LogP contribution in [0.3, 0.4) is 0 Å². The smallest absolute Gasteiger partial charge is 0.220 e. The first-order valence-electron chi connectivity index (χ1n) is 37.1. The molecule has 0 aromatic rings. The van der Waals surface area contributed by atoms with Crippen LogP contribution in [0.25, 0.3) is 0 Å². The van der Waals surface area contributed by atoms with Crippen LogP contribution in [0.1, 0.15) is 431 Å². The second-order valence-corrected chi connectivity index (χ2v) is 25.7. The van der Waals surface area contributed by atoms with Crippen LogP contribution in [-0.2, 0) is 4.79 Å². The van der Waals surface area contributed by atoms with Crippen LogP contribution in [-0.4, -0.2) is 34.9 Å². The van der Waals surface area contributed by atoms with Crippen molar-refractivity contribution in [3.05, 3.63) is 24.3 Å². The maximum atomic E-state index is 12.5. The average molecular weight is 1110 g/mol. The number of carbonyl (C=O) groups excluding carboxylic acids is 1. The van der Waals surface area contributed by atoms with Crippen molar-refractivity contribution in [3.8, 4) is 0 Å². The molecule has 0 aliphatic rings. The topological polar surface area (TPSA) is 69.6 Å². The zero-order valence-electron chi connectivity index (χ0n) is 54.4. The molecule has 0 aromatic carbocycles. The van der Waals surface area contributed by atoms with E-state index in [0.717, 1.165) is 32.1 Å². The quantitative estimate of drug-likeness (QED) is 0.0420. The van der Waals surface area contributed by atoms with E-state index in [2.05, 4.69) is 31.3 Å². The summed E-state index contributed by atoms with van der Waals surface area (Å²) in [6, 6.07) is -0.638. The first kappa shape index (κ1) is 77.9. The molecule has 0 saturated carbocycles. The molecule has 0 radical (unpaired) electrons. The summed E-state index contributed by atoms with van der Waals surface area (Å²) in [5.74, 6) is -0.0634. The van der Waals surface area contributed by atoms with Gasteiger partial charge in [0.2, 0.25) is 5.91 Å². The zero-order chi connectivity index (χ0) is 56.9. The molecule has 0 aliphatic heterocycles. The van der Waals surface area contributed by atoms with Gasteiger partial charge < -0.3 is 15.5 Å². The normalized spacial score (nSPS) is 12.7. The lowest BCUT2D eigenvalue weighted by molar-refractivity contribution is -0.123. The van der Waals surface area contributed by atoms with Gasteiger partial charge in [0.1, 0.15) is 0 Å². The second-order valence-electron chi connectivity index (χ2n) is 25.7. The monoisotopic (exact) mass is 1110 g/mol. The lowest BCUT2D eigenvalue weighted by Crippen LogP contribution is -2.45. The Labute approximate surface area is 498 Å². The highest BCUT2D eigenvalue weighted by atomic mass is 16.3. The maximum Gasteiger partial charge on any atom is 0.220 e. The molecule has 2 unspecified atom stereocenters. The number of carbonyl (C=O) groups is 1. The van der Waals surface area contributed by atoms with Crippen molar-refractivity contribution in [1.82, 2.24) is 5.32 Å². The fourth-order valence-corrected chi connectivity index (χ4v) is 12.1. The van der Waals surface area contributed by atoms with Gasteiger partial charge in [-0.1, -0.05) is 417 Å². The second kappa shape index (κ2) is 71.1. The van der Waals surface area contributed by atoms with Gasteiger partial charge in [-0.05, 0) is 32.1 Å². The molecule has 0 bridgehead atoms. The largest absolute Gasteiger partial charge is 0.394 e. The molecule has 79 heavy (non-hydrogen) atoms. The first-order chi connectivity index (χ1) is 39.2. The highest BCUT2D eigenvalue weighted by Gasteiger charge is 2.18. The number of allylic oxidation sites excluding steroid dienone is 3. The molecular formula is C75H147NO3. The van der Waals surface area contributed by atoms with Crippen molar-refractivity contribution in [1.29, 1.82) is 0 Å². The zero-order valence-corrected chi connectivity index (χ0v) is 54.4. The summed E-state index contributed by atoms with van der Waals surface area (Å²) in [5.41, 5.74) is 0. The van der Waals surface area contributed by atoms with Gasteiger partial charge in [0.25, 0.3) is 0 Å². The summed E-state index contributed by atoms with van der Waals surface area (Å²) >= 11 is 0. The highest BCUT2D eigenvalue weighted by molar-refractivity contribution is 5.76. The number of nitrogens with one attached hydrogen (secondary N) is 1. The Morgan fingerprint density at radius 1 is 0.291 bits per heavy atom. The molecule has 0 aliphatic carbocycles. The minimum Gasteiger partial charge on any atom is -0.394 e. The van der Waals surface area contributed by atoms with Crippen molar-refractivity contribution < 1.29 is 15.0 Å². The maximum absolute atomic E-state index is 12.5. The number of amides is 1. The predicted molar refractivity (Wildman–Crippen MR) is 355 cm³/mol. The van der Waals surface area contributed by atoms with Crippen LogP contribution in [0, 0.1) is 0 Å². The fraction of sp³-hybridized carbons (Fsp3) is 0.933. The molecule has 3 N–H and O–H groups in total. The Morgan fingerprint density at radius 2 is 0.494 bits per heavy atom. The molecule has 0 fully saturated rings. The third kappa shape index (κ3) is 67.5. The third-order valence-electron chi connectivity index (χ3n) is 17.7. The molecule has 470 valence electrons. The van der Waals surface area contributed by atoms with Crippen LogP contribution in [0.2, 0.25) is 0 Å². The van der Waals surface area contributed by atoms with E-state index >= 15 is 0 Å². The van der Waals surface area contributed by atoms with Crippen molar-refractivity contribution in [3.63, 3.8) is 0 Å². The average Bonchev–Trinajstić information content (AvgIpc) is 3.45. The molecule has 0 aromatic heterocycles. The summed E-state index contributed by atoms with van der Waals surface area (Å²) in [4.78, 5) is 12.5. The van der Waals surface area contributed by atoms with Crippen LogP contribution in [0.4, 0.5) is 0 Å². The van der Waals surface area contributed by atoms with Crippen molar-refractivity contribution in [2.45, 2.75) is 443 Å². The van der Waals surface area contributed by atoms with Gasteiger partial charge in [0.15, 0.2) is 0 Å². The lowest BCUT2D eigenvalue weighted by atomic mass is 10.0. The molecular weight excluding hydrogens is 963 g/mol. The SMILES string of the molecule is CCCCCCCCCCCCCCCCCCCCCCCCCCC/C=C/CC/C=C/C(O)C(CO)NC(=O)CCCCCCCCCCCCCCCCCCCCCCCCCCCCCCCCCCCCCC. The summed E-state index contributed by atoms with van der Waals surface area (Å²) < 4.78 is 0. The Bertz CT molecular complexity index is 1170. The van der Waals surface area contributed by atoms with E-state index in [4.69, 9.17) is 0 Å². The van der Waals surface area contributed by atoms with Crippen molar-refractivity contribution >= 4 is 5.91 Å². The standard InChI is InChI=1S/C75H147NO3/c1-3-5-7-9-11-13-15-17-19-21-23-25-27-29-31-33-35-36-37-38-39-41-43-45-47-49-51-53-55-57-59-61-63-65-67-69-71-75(79)76-73(72-77)74(78)70-68-66-64-62-60-58-56-54-52-50-48-46-44-42-40-34-32-30-28-26-24-22-20-18-16-14-12-10-8-6-4-2/h60,62,68,70,73-74,77-78H,3-59,61,63-67,69,71-72H2,1-2H3,(H,76,79)/b62-60+,70-68+. The Morgan fingerprint density at radius 3 is 0.734 bits per heavy atom. The van der Waals surface area contributed by atoms with E-state index in [9.17, 15) is 15.0 Å². The van der Waals surface area contributed by atoms with E-state index in [1.807, 2.05) is 6.08 Å². The number of rotatable bonds is 70. The van der Waals surface area contributed by atoms with Crippen LogP contribution < -0.4 is 5.32 Å². The Kier molecular flexibility index (Phi) is 70.1. The van der Waals surface area contributed by atoms with Crippen molar-refractivity contribution in [2.75, 3.05) is 6.61 Å². The van der Waals surface area contributed by atoms with Gasteiger partial charge in [-0.15, -0.1) is 0 Å². The van der Waals surface area contributed by atoms with Gasteiger partial charge in [0, 0.05) is 6.42 Å². The molecule has 0 saturated heterocycles.